The van der Waals surface area contributed by atoms with Crippen LogP contribution in [-0.2, 0) is 0 Å². The molecule has 0 bridgehead atoms. The molecule has 6 heterocycles. The Labute approximate surface area is 225 Å². The van der Waals surface area contributed by atoms with E-state index in [9.17, 15) is 0 Å². The average Bonchev–Trinajstić information content (AvgIpc) is 3.36. The highest BCUT2D eigenvalue weighted by atomic mass is 15.2. The zero-order valence-electron chi connectivity index (χ0n) is 21.8. The number of nitrogens with zero attached hydrogens (tertiary/aromatic N) is 7. The van der Waals surface area contributed by atoms with Gasteiger partial charge in [-0.3, -0.25) is 15.0 Å². The van der Waals surface area contributed by atoms with Gasteiger partial charge in [0.15, 0.2) is 11.5 Å². The highest BCUT2D eigenvalue weighted by molar-refractivity contribution is 5.95. The molecule has 0 radical (unpaired) electrons. The first-order chi connectivity index (χ1) is 19.1. The van der Waals surface area contributed by atoms with Gasteiger partial charge in [-0.15, -0.1) is 0 Å². The number of pyridine rings is 4. The van der Waals surface area contributed by atoms with Crippen LogP contribution < -0.4 is 15.1 Å². The molecule has 9 nitrogen and oxygen atoms in total. The molecule has 1 saturated heterocycles. The molecule has 1 fully saturated rings. The topological polar surface area (TPSA) is 98.8 Å². The van der Waals surface area contributed by atoms with Crippen LogP contribution in [0.15, 0.2) is 79.4 Å². The number of fused-ring (bicyclic) bond motifs is 2. The van der Waals surface area contributed by atoms with Crippen LogP contribution in [0.5, 0.6) is 0 Å². The van der Waals surface area contributed by atoms with E-state index in [0.29, 0.717) is 11.5 Å². The van der Waals surface area contributed by atoms with Crippen LogP contribution >= 0.6 is 0 Å². The van der Waals surface area contributed by atoms with E-state index in [1.165, 1.54) is 12.1 Å². The molecule has 6 aromatic rings. The quantitative estimate of drug-likeness (QED) is 0.280. The van der Waals surface area contributed by atoms with Crippen LogP contribution in [0.1, 0.15) is 12.1 Å². The van der Waals surface area contributed by atoms with Gasteiger partial charge in [-0.1, -0.05) is 0 Å². The van der Waals surface area contributed by atoms with Crippen molar-refractivity contribution in [1.82, 2.24) is 29.9 Å². The van der Waals surface area contributed by atoms with E-state index in [1.807, 2.05) is 75.2 Å². The number of nitrogens with one attached hydrogen (secondary N) is 2. The Bertz CT molecular complexity index is 1810. The Morgan fingerprint density at radius 2 is 1.77 bits per heavy atom. The van der Waals surface area contributed by atoms with E-state index >= 15 is 0 Å². The number of imidazole rings is 1. The molecule has 0 aliphatic carbocycles. The minimum atomic E-state index is 0.651. The summed E-state index contributed by atoms with van der Waals surface area (Å²) in [7, 11) is 2.01. The molecule has 1 aliphatic rings. The SMILES string of the molecule is Cc1cc(N(C)c2cnc3nc(-c4ccc(Nc5ccnc6ccc(N7CCC7)cc56)cn4)[nH]c3c2)ccn1. The summed E-state index contributed by atoms with van der Waals surface area (Å²) in [5, 5.41) is 4.61. The zero-order chi connectivity index (χ0) is 26.3. The third-order valence-electron chi connectivity index (χ3n) is 7.21. The molecular weight excluding hydrogens is 486 g/mol. The monoisotopic (exact) mass is 513 g/mol. The van der Waals surface area contributed by atoms with Crippen LogP contribution in [-0.4, -0.2) is 50.0 Å². The number of hydrogen-bond donors (Lipinski definition) is 2. The van der Waals surface area contributed by atoms with Crippen molar-refractivity contribution in [3.05, 3.63) is 85.1 Å². The van der Waals surface area contributed by atoms with Gasteiger partial charge in [0.1, 0.15) is 5.69 Å². The van der Waals surface area contributed by atoms with E-state index in [2.05, 4.69) is 63.2 Å². The lowest BCUT2D eigenvalue weighted by atomic mass is 10.1. The number of aromatic nitrogens is 6. The Balaban J connectivity index is 1.13. The molecule has 5 aromatic heterocycles. The van der Waals surface area contributed by atoms with Crippen molar-refractivity contribution in [1.29, 1.82) is 0 Å². The summed E-state index contributed by atoms with van der Waals surface area (Å²) in [5.74, 6) is 0.678. The molecule has 0 atom stereocenters. The molecular formula is C30H27N9. The number of H-pyrrole nitrogens is 1. The maximum Gasteiger partial charge on any atom is 0.178 e. The molecule has 9 heteroatoms. The third kappa shape index (κ3) is 4.37. The van der Waals surface area contributed by atoms with Gasteiger partial charge >= 0.3 is 0 Å². The van der Waals surface area contributed by atoms with E-state index in [-0.39, 0.29) is 0 Å². The van der Waals surface area contributed by atoms with Gasteiger partial charge in [0.2, 0.25) is 0 Å². The van der Waals surface area contributed by atoms with Gasteiger partial charge < -0.3 is 20.1 Å². The fourth-order valence-electron chi connectivity index (χ4n) is 4.86. The third-order valence-corrected chi connectivity index (χ3v) is 7.21. The van der Waals surface area contributed by atoms with Crippen molar-refractivity contribution in [2.45, 2.75) is 13.3 Å². The summed E-state index contributed by atoms with van der Waals surface area (Å²) in [6.07, 6.45) is 8.55. The van der Waals surface area contributed by atoms with Crippen molar-refractivity contribution in [2.75, 3.05) is 35.3 Å². The normalized spacial score (nSPS) is 13.0. The van der Waals surface area contributed by atoms with E-state index in [0.717, 1.165) is 63.6 Å². The smallest absolute Gasteiger partial charge is 0.178 e. The first-order valence-electron chi connectivity index (χ1n) is 13.0. The molecule has 1 aromatic carbocycles. The Morgan fingerprint density at radius 1 is 0.872 bits per heavy atom. The van der Waals surface area contributed by atoms with Gasteiger partial charge in [-0.2, -0.15) is 0 Å². The van der Waals surface area contributed by atoms with Gasteiger partial charge in [-0.25, -0.2) is 9.97 Å². The molecule has 1 aliphatic heterocycles. The summed E-state index contributed by atoms with van der Waals surface area (Å²) in [6.45, 7) is 4.20. The Kier molecular flexibility index (Phi) is 5.54. The molecule has 2 N–H and O–H groups in total. The first-order valence-corrected chi connectivity index (χ1v) is 13.0. The van der Waals surface area contributed by atoms with Crippen molar-refractivity contribution in [3.8, 4) is 11.5 Å². The summed E-state index contributed by atoms with van der Waals surface area (Å²) in [6, 6.07) is 18.5. The van der Waals surface area contributed by atoms with Gasteiger partial charge in [-0.05, 0) is 67.9 Å². The van der Waals surface area contributed by atoms with Gasteiger partial charge in [0.25, 0.3) is 0 Å². The highest BCUT2D eigenvalue weighted by Gasteiger charge is 2.16. The predicted molar refractivity (Wildman–Crippen MR) is 156 cm³/mol. The Hall–Kier alpha value is -5.05. The summed E-state index contributed by atoms with van der Waals surface area (Å²) >= 11 is 0. The molecule has 192 valence electrons. The molecule has 39 heavy (non-hydrogen) atoms. The van der Waals surface area contributed by atoms with Crippen LogP contribution in [0.2, 0.25) is 0 Å². The lowest BCUT2D eigenvalue weighted by Crippen LogP contribution is -2.36. The van der Waals surface area contributed by atoms with Crippen molar-refractivity contribution in [2.24, 2.45) is 0 Å². The molecule has 0 saturated carbocycles. The van der Waals surface area contributed by atoms with Crippen LogP contribution in [0.3, 0.4) is 0 Å². The van der Waals surface area contributed by atoms with Crippen LogP contribution in [0.25, 0.3) is 33.6 Å². The second kappa shape index (κ2) is 9.36. The van der Waals surface area contributed by atoms with E-state index < -0.39 is 0 Å². The molecule has 7 rings (SSSR count). The minimum Gasteiger partial charge on any atom is -0.371 e. The van der Waals surface area contributed by atoms with Crippen molar-refractivity contribution >= 4 is 50.5 Å². The molecule has 0 unspecified atom stereocenters. The lowest BCUT2D eigenvalue weighted by Gasteiger charge is -2.33. The number of hydrogen-bond acceptors (Lipinski definition) is 8. The predicted octanol–water partition coefficient (Wildman–Crippen LogP) is 5.99. The molecule has 0 amide bonds. The summed E-state index contributed by atoms with van der Waals surface area (Å²) < 4.78 is 0. The minimum absolute atomic E-state index is 0.651. The summed E-state index contributed by atoms with van der Waals surface area (Å²) in [5.41, 5.74) is 9.33. The fourth-order valence-corrected chi connectivity index (χ4v) is 4.86. The Morgan fingerprint density at radius 3 is 2.56 bits per heavy atom. The van der Waals surface area contributed by atoms with Crippen LogP contribution in [0, 0.1) is 6.92 Å². The number of benzene rings is 1. The van der Waals surface area contributed by atoms with Gasteiger partial charge in [0.05, 0.1) is 34.8 Å². The number of aromatic amines is 1. The fraction of sp³-hybridized carbons (Fsp3) is 0.167. The van der Waals surface area contributed by atoms with Crippen LogP contribution in [0.4, 0.5) is 28.4 Å². The second-order valence-corrected chi connectivity index (χ2v) is 9.82. The number of anilines is 5. The van der Waals surface area contributed by atoms with Crippen molar-refractivity contribution < 1.29 is 0 Å². The first kappa shape index (κ1) is 23.1. The van der Waals surface area contributed by atoms with Gasteiger partial charge in [0, 0.05) is 60.7 Å². The zero-order valence-corrected chi connectivity index (χ0v) is 21.8. The standard InChI is InChI=1S/C30H27N9/c1-19-14-21(8-10-31-19)38(2)23-16-28-29(34-18-23)37-30(36-28)27-6-4-20(17-33-27)35-26-9-11-32-25-7-5-22(15-24(25)26)39-12-3-13-39/h4-11,14-18H,3,12-13H2,1-2H3,(H,32,35)(H,34,36,37). The lowest BCUT2D eigenvalue weighted by molar-refractivity contribution is 0.618. The second-order valence-electron chi connectivity index (χ2n) is 9.82. The maximum absolute atomic E-state index is 4.68. The molecule has 0 spiro atoms. The average molecular weight is 514 g/mol. The largest absolute Gasteiger partial charge is 0.371 e. The summed E-state index contributed by atoms with van der Waals surface area (Å²) in [4.78, 5) is 30.6. The maximum atomic E-state index is 4.68. The van der Waals surface area contributed by atoms with E-state index in [1.54, 1.807) is 0 Å². The van der Waals surface area contributed by atoms with Crippen molar-refractivity contribution in [3.63, 3.8) is 0 Å². The highest BCUT2D eigenvalue weighted by Crippen LogP contribution is 2.31. The van der Waals surface area contributed by atoms with E-state index in [4.69, 9.17) is 0 Å². The number of rotatable bonds is 6. The number of aryl methyl sites for hydroxylation is 1.